The zero-order valence-electron chi connectivity index (χ0n) is 6.70. The van der Waals surface area contributed by atoms with E-state index in [9.17, 15) is 0 Å². The molecule has 66 valence electrons. The zero-order valence-corrected chi connectivity index (χ0v) is 8.27. The zero-order chi connectivity index (χ0) is 8.84. The van der Waals surface area contributed by atoms with E-state index in [1.807, 2.05) is 17.8 Å². The summed E-state index contributed by atoms with van der Waals surface area (Å²) in [5.74, 6) is 1.92. The number of fused-ring (bicyclic) bond motifs is 2. The van der Waals surface area contributed by atoms with Gasteiger partial charge in [0, 0.05) is 23.1 Å². The van der Waals surface area contributed by atoms with Crippen molar-refractivity contribution in [1.29, 1.82) is 0 Å². The van der Waals surface area contributed by atoms with Gasteiger partial charge >= 0.3 is 0 Å². The normalized spacial score (nSPS) is 15.2. The lowest BCUT2D eigenvalue weighted by molar-refractivity contribution is 0.917. The first-order valence-electron chi connectivity index (χ1n) is 3.95. The second kappa shape index (κ2) is 2.62. The van der Waals surface area contributed by atoms with Crippen LogP contribution in [0, 0.1) is 0 Å². The minimum absolute atomic E-state index is 0.718. The highest BCUT2D eigenvalue weighted by Gasteiger charge is 2.19. The van der Waals surface area contributed by atoms with Crippen molar-refractivity contribution in [2.45, 2.75) is 11.5 Å². The van der Waals surface area contributed by atoms with Crippen molar-refractivity contribution in [1.82, 2.24) is 14.6 Å². The van der Waals surface area contributed by atoms with E-state index in [1.54, 1.807) is 10.7 Å². The first-order chi connectivity index (χ1) is 6.36. The molecule has 0 saturated carbocycles. The fourth-order valence-electron chi connectivity index (χ4n) is 1.50. The molecule has 0 bridgehead atoms. The van der Waals surface area contributed by atoms with Gasteiger partial charge in [-0.1, -0.05) is 11.6 Å². The quantitative estimate of drug-likeness (QED) is 0.626. The highest BCUT2D eigenvalue weighted by atomic mass is 35.5. The van der Waals surface area contributed by atoms with Gasteiger partial charge in [0.2, 0.25) is 0 Å². The average Bonchev–Trinajstić information content (AvgIpc) is 2.71. The maximum absolute atomic E-state index is 6.18. The summed E-state index contributed by atoms with van der Waals surface area (Å²) in [6.07, 6.45) is 1.72. The molecule has 0 saturated heterocycles. The Labute approximate surface area is 84.1 Å². The molecule has 1 aliphatic heterocycles. The van der Waals surface area contributed by atoms with Crippen molar-refractivity contribution in [3.05, 3.63) is 28.7 Å². The Morgan fingerprint density at radius 2 is 2.38 bits per heavy atom. The fraction of sp³-hybridized carbons (Fsp3) is 0.250. The molecule has 0 aliphatic carbocycles. The van der Waals surface area contributed by atoms with Gasteiger partial charge in [-0.15, -0.1) is 0 Å². The molecule has 0 N–H and O–H groups in total. The summed E-state index contributed by atoms with van der Waals surface area (Å²) in [5, 5.41) is 4.83. The Morgan fingerprint density at radius 1 is 1.46 bits per heavy atom. The number of halogens is 1. The third-order valence-corrected chi connectivity index (χ3v) is 3.50. The molecule has 13 heavy (non-hydrogen) atoms. The highest BCUT2D eigenvalue weighted by molar-refractivity contribution is 7.98. The lowest BCUT2D eigenvalue weighted by atomic mass is 10.3. The number of thioether (sulfide) groups is 1. The van der Waals surface area contributed by atoms with Crippen molar-refractivity contribution in [2.75, 3.05) is 0 Å². The monoisotopic (exact) mass is 211 g/mol. The van der Waals surface area contributed by atoms with Gasteiger partial charge in [0.15, 0.2) is 5.65 Å². The standard InChI is InChI=1S/C8H6ClN3S/c9-8-5-3-13-4-6(5)11-7-1-2-10-12(7)8/h1-2H,3-4H2. The lowest BCUT2D eigenvalue weighted by Gasteiger charge is -2.02. The lowest BCUT2D eigenvalue weighted by Crippen LogP contribution is -1.98. The maximum atomic E-state index is 6.18. The van der Waals surface area contributed by atoms with Crippen LogP contribution in [-0.2, 0) is 11.5 Å². The molecule has 1 aliphatic rings. The second-order valence-electron chi connectivity index (χ2n) is 2.92. The summed E-state index contributed by atoms with van der Waals surface area (Å²) in [7, 11) is 0. The Morgan fingerprint density at radius 3 is 3.31 bits per heavy atom. The van der Waals surface area contributed by atoms with Crippen LogP contribution in [0.5, 0.6) is 0 Å². The van der Waals surface area contributed by atoms with Gasteiger partial charge in [-0.25, -0.2) is 9.50 Å². The third kappa shape index (κ3) is 0.988. The second-order valence-corrected chi connectivity index (χ2v) is 4.27. The molecule has 3 rings (SSSR count). The predicted molar refractivity (Wildman–Crippen MR) is 53.0 cm³/mol. The van der Waals surface area contributed by atoms with Crippen LogP contribution < -0.4 is 0 Å². The third-order valence-electron chi connectivity index (χ3n) is 2.14. The van der Waals surface area contributed by atoms with Crippen molar-refractivity contribution in [2.24, 2.45) is 0 Å². The van der Waals surface area contributed by atoms with Gasteiger partial charge < -0.3 is 0 Å². The number of rotatable bonds is 0. The van der Waals surface area contributed by atoms with Crippen LogP contribution in [0.1, 0.15) is 11.3 Å². The summed E-state index contributed by atoms with van der Waals surface area (Å²) in [5.41, 5.74) is 3.09. The topological polar surface area (TPSA) is 30.2 Å². The molecule has 2 aromatic heterocycles. The van der Waals surface area contributed by atoms with Crippen molar-refractivity contribution >= 4 is 29.0 Å². The van der Waals surface area contributed by atoms with Crippen LogP contribution in [0.3, 0.4) is 0 Å². The van der Waals surface area contributed by atoms with Crippen LogP contribution in [-0.4, -0.2) is 14.6 Å². The number of hydrogen-bond acceptors (Lipinski definition) is 3. The van der Waals surface area contributed by atoms with Crippen molar-refractivity contribution < 1.29 is 0 Å². The summed E-state index contributed by atoms with van der Waals surface area (Å²) in [6.45, 7) is 0. The maximum Gasteiger partial charge on any atom is 0.156 e. The first-order valence-corrected chi connectivity index (χ1v) is 5.48. The summed E-state index contributed by atoms with van der Waals surface area (Å²) < 4.78 is 1.69. The van der Waals surface area contributed by atoms with E-state index in [1.165, 1.54) is 0 Å². The largest absolute Gasteiger partial charge is 0.232 e. The van der Waals surface area contributed by atoms with Gasteiger partial charge in [-0.2, -0.15) is 16.9 Å². The number of aromatic nitrogens is 3. The van der Waals surface area contributed by atoms with Gasteiger partial charge in [0.25, 0.3) is 0 Å². The Hall–Kier alpha value is -0.740. The molecule has 0 spiro atoms. The molecular weight excluding hydrogens is 206 g/mol. The van der Waals surface area contributed by atoms with E-state index in [0.29, 0.717) is 0 Å². The van der Waals surface area contributed by atoms with Crippen LogP contribution in [0.2, 0.25) is 5.15 Å². The molecule has 0 radical (unpaired) electrons. The van der Waals surface area contributed by atoms with Crippen LogP contribution in [0.15, 0.2) is 12.3 Å². The van der Waals surface area contributed by atoms with Gasteiger partial charge in [-0.3, -0.25) is 0 Å². The average molecular weight is 212 g/mol. The Kier molecular flexibility index (Phi) is 1.54. The van der Waals surface area contributed by atoms with E-state index >= 15 is 0 Å². The summed E-state index contributed by atoms with van der Waals surface area (Å²) in [4.78, 5) is 4.47. The van der Waals surface area contributed by atoms with Crippen LogP contribution in [0.4, 0.5) is 0 Å². The molecule has 0 atom stereocenters. The summed E-state index contributed by atoms with van der Waals surface area (Å²) >= 11 is 8.02. The molecule has 5 heteroatoms. The van der Waals surface area contributed by atoms with Gasteiger partial charge in [-0.05, 0) is 0 Å². The van der Waals surface area contributed by atoms with Crippen LogP contribution >= 0.6 is 23.4 Å². The van der Waals surface area contributed by atoms with E-state index in [2.05, 4.69) is 10.1 Å². The number of hydrogen-bond donors (Lipinski definition) is 0. The molecule has 3 heterocycles. The smallest absolute Gasteiger partial charge is 0.156 e. The molecule has 3 nitrogen and oxygen atoms in total. The van der Waals surface area contributed by atoms with Crippen LogP contribution in [0.25, 0.3) is 5.65 Å². The van der Waals surface area contributed by atoms with Crippen molar-refractivity contribution in [3.63, 3.8) is 0 Å². The van der Waals surface area contributed by atoms with Gasteiger partial charge in [0.05, 0.1) is 11.9 Å². The predicted octanol–water partition coefficient (Wildman–Crippen LogP) is 2.13. The first kappa shape index (κ1) is 7.64. The van der Waals surface area contributed by atoms with E-state index in [0.717, 1.165) is 33.6 Å². The van der Waals surface area contributed by atoms with Gasteiger partial charge in [0.1, 0.15) is 5.15 Å². The minimum Gasteiger partial charge on any atom is -0.232 e. The Bertz CT molecular complexity index is 479. The molecule has 2 aromatic rings. The SMILES string of the molecule is Clc1c2c(nc3ccnn13)CSC2. The highest BCUT2D eigenvalue weighted by Crippen LogP contribution is 2.33. The summed E-state index contributed by atoms with van der Waals surface area (Å²) in [6, 6.07) is 1.87. The molecule has 0 unspecified atom stereocenters. The number of nitrogens with zero attached hydrogens (tertiary/aromatic N) is 3. The van der Waals surface area contributed by atoms with E-state index in [4.69, 9.17) is 11.6 Å². The Balaban J connectivity index is 2.45. The molecular formula is C8H6ClN3S. The molecule has 0 aromatic carbocycles. The van der Waals surface area contributed by atoms with Crippen molar-refractivity contribution in [3.8, 4) is 0 Å². The minimum atomic E-state index is 0.718. The van der Waals surface area contributed by atoms with E-state index in [-0.39, 0.29) is 0 Å². The molecule has 0 amide bonds. The van der Waals surface area contributed by atoms with E-state index < -0.39 is 0 Å². The fourth-order valence-corrected chi connectivity index (χ4v) is 2.92. The molecule has 0 fully saturated rings.